The van der Waals surface area contributed by atoms with Gasteiger partial charge in [0.1, 0.15) is 23.7 Å². The Labute approximate surface area is 377 Å². The Balaban J connectivity index is 0.884. The molecule has 10 rings (SSSR count). The highest BCUT2D eigenvalue weighted by molar-refractivity contribution is 6.05. The van der Waals surface area contributed by atoms with E-state index < -0.39 is 24.3 Å². The number of amides is 4. The molecule has 1 unspecified atom stereocenters. The molecule has 4 aromatic carbocycles. The second-order valence-corrected chi connectivity index (χ2v) is 18.4. The van der Waals surface area contributed by atoms with Gasteiger partial charge < -0.3 is 39.9 Å². The highest BCUT2D eigenvalue weighted by Crippen LogP contribution is 2.58. The highest BCUT2D eigenvalue weighted by atomic mass is 16.5. The zero-order valence-electron chi connectivity index (χ0n) is 37.2. The molecule has 334 valence electrons. The van der Waals surface area contributed by atoms with Gasteiger partial charge in [-0.2, -0.15) is 0 Å². The van der Waals surface area contributed by atoms with Gasteiger partial charge in [-0.25, -0.2) is 19.6 Å². The predicted octanol–water partition coefficient (Wildman–Crippen LogP) is 8.91. The number of H-pyrrole nitrogens is 2. The molecule has 4 fully saturated rings. The number of ether oxygens (including phenoxy) is 2. The Morgan fingerprint density at radius 2 is 1.54 bits per heavy atom. The second kappa shape index (κ2) is 16.9. The molecule has 2 bridgehead atoms. The van der Waals surface area contributed by atoms with Crippen LogP contribution in [0.15, 0.2) is 103 Å². The van der Waals surface area contributed by atoms with Crippen molar-refractivity contribution in [3.8, 4) is 22.4 Å². The van der Waals surface area contributed by atoms with Crippen molar-refractivity contribution in [2.75, 3.05) is 14.2 Å². The molecule has 4 amide bonds. The van der Waals surface area contributed by atoms with Crippen LogP contribution in [0.3, 0.4) is 0 Å². The number of benzene rings is 4. The molecule has 14 nitrogen and oxygen atoms in total. The summed E-state index contributed by atoms with van der Waals surface area (Å²) in [5, 5.41) is 7.60. The van der Waals surface area contributed by atoms with Crippen LogP contribution in [0.25, 0.3) is 44.2 Å². The fourth-order valence-corrected chi connectivity index (χ4v) is 11.1. The Kier molecular flexibility index (Phi) is 10.9. The van der Waals surface area contributed by atoms with E-state index in [0.717, 1.165) is 93.5 Å². The standard InChI is InChI=1S/C51H54N8O6/c1-27(2)22-39(55-50(62)64-4)48(60)58-35-13-9-12-34(24-35)45(58)47-53-38-21-19-33-23-32(18-20-36(33)43(38)56-47)29-14-16-30(17-15-29)40-26-52-46(54-40)41-25-37-28(3)44(37)59(41)49(61)42(57-51(63)65-5)31-10-7-6-8-11-31/h6-8,10-11,14-23,26,28,34-35,37,39,41-42,44-45H,9,12-13,24-25H2,1-5H3,(H,52,54)(H,53,56)(H,55,62)(H,57,63)/t28-,34+,35-,37+,39+,41+,42-,44-,45?/m1/s1. The van der Waals surface area contributed by atoms with Gasteiger partial charge in [0.2, 0.25) is 5.91 Å². The number of piperidine rings is 1. The minimum atomic E-state index is -0.887. The van der Waals surface area contributed by atoms with Crippen molar-refractivity contribution in [3.63, 3.8) is 0 Å². The number of hydrogen-bond donors (Lipinski definition) is 4. The fourth-order valence-electron chi connectivity index (χ4n) is 11.1. The molecule has 2 saturated heterocycles. The van der Waals surface area contributed by atoms with Crippen LogP contribution in [0.2, 0.25) is 0 Å². The van der Waals surface area contributed by atoms with Crippen molar-refractivity contribution >= 4 is 45.8 Å². The molecule has 0 spiro atoms. The lowest BCUT2D eigenvalue weighted by molar-refractivity contribution is -0.136. The summed E-state index contributed by atoms with van der Waals surface area (Å²) < 4.78 is 9.78. The van der Waals surface area contributed by atoms with Gasteiger partial charge in [-0.1, -0.05) is 97.8 Å². The van der Waals surface area contributed by atoms with Gasteiger partial charge in [0.15, 0.2) is 0 Å². The molecule has 2 aliphatic heterocycles. The van der Waals surface area contributed by atoms with E-state index in [4.69, 9.17) is 19.4 Å². The van der Waals surface area contributed by atoms with Crippen molar-refractivity contribution in [2.24, 2.45) is 17.8 Å². The lowest BCUT2D eigenvalue weighted by Gasteiger charge is -2.31. The normalized spacial score (nSPS) is 24.0. The van der Waals surface area contributed by atoms with Crippen LogP contribution in [0.5, 0.6) is 0 Å². The van der Waals surface area contributed by atoms with Gasteiger partial charge in [-0.3, -0.25) is 9.59 Å². The Hall–Kier alpha value is -6.96. The van der Waals surface area contributed by atoms with E-state index in [1.807, 2.05) is 60.2 Å². The second-order valence-electron chi connectivity index (χ2n) is 18.4. The van der Waals surface area contributed by atoms with Crippen molar-refractivity contribution in [1.29, 1.82) is 0 Å². The van der Waals surface area contributed by atoms with E-state index in [2.05, 4.69) is 82.1 Å². The summed E-state index contributed by atoms with van der Waals surface area (Å²) in [6.45, 7) is 6.00. The first-order valence-electron chi connectivity index (χ1n) is 22.6. The number of methoxy groups -OCH3 is 2. The summed E-state index contributed by atoms with van der Waals surface area (Å²) in [6.07, 6.45) is 6.99. The maximum absolute atomic E-state index is 14.3. The average Bonchev–Trinajstić information content (AvgIpc) is 3.88. The fraction of sp³-hybridized carbons (Fsp3) is 0.373. The van der Waals surface area contributed by atoms with Gasteiger partial charge in [0, 0.05) is 17.5 Å². The quantitative estimate of drug-likeness (QED) is 0.0988. The average molecular weight is 875 g/mol. The molecule has 2 aromatic heterocycles. The number of allylic oxidation sites excluding steroid dienone is 1. The third-order valence-corrected chi connectivity index (χ3v) is 14.3. The number of rotatable bonds is 10. The molecule has 4 heterocycles. The van der Waals surface area contributed by atoms with Crippen LogP contribution >= 0.6 is 0 Å². The molecule has 2 saturated carbocycles. The Morgan fingerprint density at radius 3 is 2.29 bits per heavy atom. The third-order valence-electron chi connectivity index (χ3n) is 14.3. The first-order valence-corrected chi connectivity index (χ1v) is 22.6. The topological polar surface area (TPSA) is 175 Å². The van der Waals surface area contributed by atoms with Crippen LogP contribution in [-0.2, 0) is 19.1 Å². The number of aromatic nitrogens is 4. The maximum Gasteiger partial charge on any atom is 0.407 e. The summed E-state index contributed by atoms with van der Waals surface area (Å²) in [5.41, 5.74) is 7.35. The molecule has 4 N–H and O–H groups in total. The van der Waals surface area contributed by atoms with Gasteiger partial charge in [-0.05, 0) is 97.1 Å². The Morgan fingerprint density at radius 1 is 0.800 bits per heavy atom. The lowest BCUT2D eigenvalue weighted by atomic mass is 9.87. The van der Waals surface area contributed by atoms with E-state index in [1.165, 1.54) is 14.2 Å². The number of likely N-dealkylation sites (tertiary alicyclic amines) is 2. The molecule has 2 aliphatic carbocycles. The number of aromatic amines is 2. The van der Waals surface area contributed by atoms with E-state index in [-0.39, 0.29) is 41.9 Å². The number of fused-ring (bicyclic) bond motifs is 6. The van der Waals surface area contributed by atoms with Gasteiger partial charge in [0.25, 0.3) is 5.91 Å². The molecule has 0 radical (unpaired) electrons. The van der Waals surface area contributed by atoms with Crippen molar-refractivity contribution in [3.05, 3.63) is 120 Å². The predicted molar refractivity (Wildman–Crippen MR) is 246 cm³/mol. The maximum atomic E-state index is 14.3. The van der Waals surface area contributed by atoms with Crippen LogP contribution < -0.4 is 10.6 Å². The van der Waals surface area contributed by atoms with Crippen LogP contribution in [-0.4, -0.2) is 86.1 Å². The van der Waals surface area contributed by atoms with E-state index in [0.29, 0.717) is 17.4 Å². The summed E-state index contributed by atoms with van der Waals surface area (Å²) in [5.74, 6) is 2.18. The number of nitrogens with one attached hydrogen (secondary N) is 4. The Bertz CT molecular complexity index is 2830. The van der Waals surface area contributed by atoms with Crippen LogP contribution in [0.4, 0.5) is 9.59 Å². The third kappa shape index (κ3) is 7.68. The minimum Gasteiger partial charge on any atom is -0.453 e. The molecule has 6 aromatic rings. The summed E-state index contributed by atoms with van der Waals surface area (Å²) >= 11 is 0. The molecular weight excluding hydrogens is 821 g/mol. The zero-order chi connectivity index (χ0) is 45.1. The van der Waals surface area contributed by atoms with Crippen molar-refractivity contribution < 1.29 is 28.7 Å². The number of nitrogens with zero attached hydrogens (tertiary/aromatic N) is 4. The number of carbonyl (C=O) groups excluding carboxylic acids is 4. The molecule has 4 aliphatic rings. The molecule has 9 atom stereocenters. The summed E-state index contributed by atoms with van der Waals surface area (Å²) in [4.78, 5) is 74.5. The van der Waals surface area contributed by atoms with Crippen molar-refractivity contribution in [2.45, 2.75) is 89.1 Å². The SMILES string of the molecule is COC(=O)N[C@@H](C=C(C)C)C(=O)N1C(c2nc3c(ccc4cc(-c5ccc(-c6cnc([C@@H]7C[C@H]8[C@@H](C)[C@H]8N7C(=O)[C@H](NC(=O)OC)c7ccccc7)[nH]6)cc5)ccc43)[nH]2)[C@H]2CCC[C@@H]1C2. The van der Waals surface area contributed by atoms with Gasteiger partial charge >= 0.3 is 12.2 Å². The van der Waals surface area contributed by atoms with E-state index >= 15 is 0 Å². The van der Waals surface area contributed by atoms with Gasteiger partial charge in [0.05, 0.1) is 49.2 Å². The van der Waals surface area contributed by atoms with E-state index in [1.54, 1.807) is 6.08 Å². The zero-order valence-corrected chi connectivity index (χ0v) is 37.2. The summed E-state index contributed by atoms with van der Waals surface area (Å²) in [7, 11) is 2.60. The molecular formula is C51H54N8O6. The minimum absolute atomic E-state index is 0.0761. The highest BCUT2D eigenvalue weighted by Gasteiger charge is 2.61. The molecule has 65 heavy (non-hydrogen) atoms. The number of imidazole rings is 2. The summed E-state index contributed by atoms with van der Waals surface area (Å²) in [6, 6.07) is 26.2. The molecule has 14 heteroatoms. The largest absolute Gasteiger partial charge is 0.453 e. The van der Waals surface area contributed by atoms with Gasteiger partial charge in [-0.15, -0.1) is 0 Å². The smallest absolute Gasteiger partial charge is 0.407 e. The number of hydrogen-bond acceptors (Lipinski definition) is 8. The first-order chi connectivity index (χ1) is 31.5. The lowest BCUT2D eigenvalue weighted by Crippen LogP contribution is -2.50. The van der Waals surface area contributed by atoms with Crippen LogP contribution in [0, 0.1) is 17.8 Å². The first kappa shape index (κ1) is 42.0. The van der Waals surface area contributed by atoms with Crippen molar-refractivity contribution in [1.82, 2.24) is 40.4 Å². The van der Waals surface area contributed by atoms with Crippen LogP contribution in [0.1, 0.15) is 88.2 Å². The number of carbonyl (C=O) groups is 4. The van der Waals surface area contributed by atoms with E-state index in [9.17, 15) is 19.2 Å². The monoisotopic (exact) mass is 874 g/mol. The number of alkyl carbamates (subject to hydrolysis) is 2.